The molecule has 0 radical (unpaired) electrons. The topological polar surface area (TPSA) is 90.7 Å². The number of carbonyl (C=O) groups excluding carboxylic acids is 1. The predicted molar refractivity (Wildman–Crippen MR) is 77.8 cm³/mol. The number of nitrogens with zero attached hydrogens (tertiary/aromatic N) is 3. The number of nitrogens with one attached hydrogen (secondary N) is 2. The zero-order valence-electron chi connectivity index (χ0n) is 11.2. The van der Waals surface area contributed by atoms with Crippen molar-refractivity contribution in [3.8, 4) is 6.07 Å². The van der Waals surface area contributed by atoms with E-state index in [1.165, 1.54) is 12.4 Å². The van der Waals surface area contributed by atoms with Crippen LogP contribution in [0.2, 0.25) is 0 Å². The molecule has 1 aromatic heterocycles. The summed E-state index contributed by atoms with van der Waals surface area (Å²) >= 11 is 0. The number of para-hydroxylation sites is 1. The molecule has 1 heterocycles. The van der Waals surface area contributed by atoms with E-state index in [9.17, 15) is 4.79 Å². The standard InChI is InChI=1S/C15H13N5O/c16-7-10-3-1-2-4-13(10)20-14(21)11-8-17-15(18-9-11)19-12-5-6-12/h1-4,8-9,12H,5-6H2,(H,20,21)(H,17,18,19). The molecule has 2 N–H and O–H groups in total. The third kappa shape index (κ3) is 3.15. The zero-order valence-corrected chi connectivity index (χ0v) is 11.2. The summed E-state index contributed by atoms with van der Waals surface area (Å²) in [4.78, 5) is 20.3. The molecule has 0 saturated heterocycles. The number of carbonyl (C=O) groups is 1. The zero-order chi connectivity index (χ0) is 14.7. The molecule has 1 saturated carbocycles. The van der Waals surface area contributed by atoms with Gasteiger partial charge in [0.2, 0.25) is 5.95 Å². The fraction of sp³-hybridized carbons (Fsp3) is 0.200. The van der Waals surface area contributed by atoms with Crippen molar-refractivity contribution >= 4 is 17.5 Å². The van der Waals surface area contributed by atoms with Gasteiger partial charge in [-0.05, 0) is 25.0 Å². The number of hydrogen-bond acceptors (Lipinski definition) is 5. The van der Waals surface area contributed by atoms with E-state index in [1.54, 1.807) is 24.3 Å². The molecule has 1 aliphatic rings. The maximum absolute atomic E-state index is 12.1. The summed E-state index contributed by atoms with van der Waals surface area (Å²) < 4.78 is 0. The average Bonchev–Trinajstić information content (AvgIpc) is 3.32. The van der Waals surface area contributed by atoms with Crippen molar-refractivity contribution in [1.29, 1.82) is 5.26 Å². The normalized spacial score (nSPS) is 13.3. The minimum atomic E-state index is -0.337. The Bertz CT molecular complexity index is 701. The monoisotopic (exact) mass is 279 g/mol. The second-order valence-electron chi connectivity index (χ2n) is 4.83. The number of amides is 1. The van der Waals surface area contributed by atoms with Crippen LogP contribution in [-0.2, 0) is 0 Å². The second kappa shape index (κ2) is 5.59. The molecule has 3 rings (SSSR count). The van der Waals surface area contributed by atoms with E-state index in [2.05, 4.69) is 20.6 Å². The van der Waals surface area contributed by atoms with Crippen LogP contribution < -0.4 is 10.6 Å². The molecule has 2 aromatic rings. The van der Waals surface area contributed by atoms with Gasteiger partial charge in [0.1, 0.15) is 6.07 Å². The first kappa shape index (κ1) is 13.1. The van der Waals surface area contributed by atoms with Gasteiger partial charge >= 0.3 is 0 Å². The SMILES string of the molecule is N#Cc1ccccc1NC(=O)c1cnc(NC2CC2)nc1. The van der Waals surface area contributed by atoms with Crippen LogP contribution in [0.25, 0.3) is 0 Å². The minimum absolute atomic E-state index is 0.337. The third-order valence-corrected chi connectivity index (χ3v) is 3.12. The number of rotatable bonds is 4. The number of hydrogen-bond donors (Lipinski definition) is 2. The van der Waals surface area contributed by atoms with Crippen LogP contribution in [0, 0.1) is 11.3 Å². The van der Waals surface area contributed by atoms with Crippen LogP contribution in [0.5, 0.6) is 0 Å². The predicted octanol–water partition coefficient (Wildman–Crippen LogP) is 2.17. The summed E-state index contributed by atoms with van der Waals surface area (Å²) in [6.45, 7) is 0. The summed E-state index contributed by atoms with van der Waals surface area (Å²) in [7, 11) is 0. The van der Waals surface area contributed by atoms with Gasteiger partial charge in [-0.25, -0.2) is 9.97 Å². The lowest BCUT2D eigenvalue weighted by atomic mass is 10.2. The summed E-state index contributed by atoms with van der Waals surface area (Å²) in [5.41, 5.74) is 1.24. The van der Waals surface area contributed by atoms with Gasteiger partial charge in [0.25, 0.3) is 5.91 Å². The Morgan fingerprint density at radius 3 is 2.62 bits per heavy atom. The van der Waals surface area contributed by atoms with Gasteiger partial charge in [-0.3, -0.25) is 4.79 Å². The maximum atomic E-state index is 12.1. The molecule has 6 heteroatoms. The fourth-order valence-electron chi connectivity index (χ4n) is 1.81. The maximum Gasteiger partial charge on any atom is 0.258 e. The number of nitriles is 1. The Hall–Kier alpha value is -2.94. The molecule has 0 bridgehead atoms. The van der Waals surface area contributed by atoms with Gasteiger partial charge in [0, 0.05) is 18.4 Å². The van der Waals surface area contributed by atoms with E-state index in [-0.39, 0.29) is 5.91 Å². The smallest absolute Gasteiger partial charge is 0.258 e. The molecule has 0 unspecified atom stereocenters. The van der Waals surface area contributed by atoms with E-state index >= 15 is 0 Å². The van der Waals surface area contributed by atoms with Crippen LogP contribution in [0.4, 0.5) is 11.6 Å². The number of aromatic nitrogens is 2. The van der Waals surface area contributed by atoms with Crippen molar-refractivity contribution in [2.45, 2.75) is 18.9 Å². The highest BCUT2D eigenvalue weighted by molar-refractivity contribution is 6.04. The molecule has 0 spiro atoms. The lowest BCUT2D eigenvalue weighted by Crippen LogP contribution is -2.14. The van der Waals surface area contributed by atoms with Gasteiger partial charge in [-0.15, -0.1) is 0 Å². The summed E-state index contributed by atoms with van der Waals surface area (Å²) in [6, 6.07) is 9.33. The Kier molecular flexibility index (Phi) is 3.48. The molecule has 0 aliphatic heterocycles. The van der Waals surface area contributed by atoms with Crippen molar-refractivity contribution in [2.75, 3.05) is 10.6 Å². The summed E-state index contributed by atoms with van der Waals surface area (Å²) in [5, 5.41) is 14.8. The minimum Gasteiger partial charge on any atom is -0.351 e. The van der Waals surface area contributed by atoms with Crippen molar-refractivity contribution in [2.24, 2.45) is 0 Å². The number of anilines is 2. The molecule has 1 aromatic carbocycles. The molecule has 104 valence electrons. The highest BCUT2D eigenvalue weighted by Crippen LogP contribution is 2.22. The first-order valence-electron chi connectivity index (χ1n) is 6.65. The second-order valence-corrected chi connectivity index (χ2v) is 4.83. The van der Waals surface area contributed by atoms with Crippen molar-refractivity contribution < 1.29 is 4.79 Å². The van der Waals surface area contributed by atoms with Gasteiger partial charge < -0.3 is 10.6 Å². The van der Waals surface area contributed by atoms with Crippen LogP contribution >= 0.6 is 0 Å². The van der Waals surface area contributed by atoms with E-state index in [1.807, 2.05) is 6.07 Å². The lowest BCUT2D eigenvalue weighted by Gasteiger charge is -2.07. The quantitative estimate of drug-likeness (QED) is 0.895. The Morgan fingerprint density at radius 2 is 1.95 bits per heavy atom. The van der Waals surface area contributed by atoms with Gasteiger partial charge in [-0.2, -0.15) is 5.26 Å². The lowest BCUT2D eigenvalue weighted by molar-refractivity contribution is 0.102. The fourth-order valence-corrected chi connectivity index (χ4v) is 1.81. The third-order valence-electron chi connectivity index (χ3n) is 3.12. The summed E-state index contributed by atoms with van der Waals surface area (Å²) in [6.07, 6.45) is 5.22. The van der Waals surface area contributed by atoms with Crippen LogP contribution in [0.15, 0.2) is 36.7 Å². The van der Waals surface area contributed by atoms with Gasteiger partial charge in [0.15, 0.2) is 0 Å². The first-order valence-corrected chi connectivity index (χ1v) is 6.65. The van der Waals surface area contributed by atoms with E-state index < -0.39 is 0 Å². The Morgan fingerprint density at radius 1 is 1.24 bits per heavy atom. The molecular weight excluding hydrogens is 266 g/mol. The molecule has 1 amide bonds. The van der Waals surface area contributed by atoms with Gasteiger partial charge in [-0.1, -0.05) is 12.1 Å². The van der Waals surface area contributed by atoms with E-state index in [0.29, 0.717) is 28.8 Å². The molecule has 0 atom stereocenters. The molecule has 1 aliphatic carbocycles. The Labute approximate surface area is 121 Å². The van der Waals surface area contributed by atoms with Crippen molar-refractivity contribution in [1.82, 2.24) is 9.97 Å². The highest BCUT2D eigenvalue weighted by atomic mass is 16.1. The Balaban J connectivity index is 1.71. The van der Waals surface area contributed by atoms with Crippen molar-refractivity contribution in [3.05, 3.63) is 47.8 Å². The molecule has 1 fully saturated rings. The van der Waals surface area contributed by atoms with Gasteiger partial charge in [0.05, 0.1) is 16.8 Å². The largest absolute Gasteiger partial charge is 0.351 e. The summed E-state index contributed by atoms with van der Waals surface area (Å²) in [5.74, 6) is 0.196. The van der Waals surface area contributed by atoms with E-state index in [0.717, 1.165) is 12.8 Å². The molecule has 21 heavy (non-hydrogen) atoms. The van der Waals surface area contributed by atoms with E-state index in [4.69, 9.17) is 5.26 Å². The number of benzene rings is 1. The molecular formula is C15H13N5O. The van der Waals surface area contributed by atoms with Crippen molar-refractivity contribution in [3.63, 3.8) is 0 Å². The van der Waals surface area contributed by atoms with Crippen LogP contribution in [-0.4, -0.2) is 21.9 Å². The highest BCUT2D eigenvalue weighted by Gasteiger charge is 2.21. The van der Waals surface area contributed by atoms with Crippen LogP contribution in [0.3, 0.4) is 0 Å². The van der Waals surface area contributed by atoms with Crippen LogP contribution in [0.1, 0.15) is 28.8 Å². The molecule has 6 nitrogen and oxygen atoms in total. The first-order chi connectivity index (χ1) is 10.3. The average molecular weight is 279 g/mol.